The van der Waals surface area contributed by atoms with Gasteiger partial charge in [0.05, 0.1) is 37.6 Å². The van der Waals surface area contributed by atoms with Crippen LogP contribution >= 0.6 is 23.2 Å². The van der Waals surface area contributed by atoms with Crippen LogP contribution in [0.25, 0.3) is 0 Å². The van der Waals surface area contributed by atoms with Crippen molar-refractivity contribution in [2.45, 2.75) is 25.0 Å². The van der Waals surface area contributed by atoms with Crippen LogP contribution in [-0.4, -0.2) is 31.7 Å². The van der Waals surface area contributed by atoms with Crippen molar-refractivity contribution in [2.24, 2.45) is 10.3 Å². The first-order valence-corrected chi connectivity index (χ1v) is 12.2. The maximum atomic E-state index is 5.85. The fourth-order valence-corrected chi connectivity index (χ4v) is 3.74. The van der Waals surface area contributed by atoms with Crippen molar-refractivity contribution in [3.05, 3.63) is 107 Å². The lowest BCUT2D eigenvalue weighted by molar-refractivity contribution is 0.0854. The number of hydrogen-bond acceptors (Lipinski definition) is 10. The Kier molecular flexibility index (Phi) is 8.22. The quantitative estimate of drug-likeness (QED) is 0.305. The number of rotatable bonds is 4. The third kappa shape index (κ3) is 6.93. The Balaban J connectivity index is 0.000000155. The first kappa shape index (κ1) is 25.4. The SMILES string of the molecule is Clc1ccc([C@@H]2CC(Oc3cncnc3)=NO2)cc1.Clc1ccc([C@H]2CC(Oc3cncnc3)=NO2)cc1. The second kappa shape index (κ2) is 12.3. The van der Waals surface area contributed by atoms with Gasteiger partial charge < -0.3 is 19.1 Å². The van der Waals surface area contributed by atoms with Gasteiger partial charge in [0.1, 0.15) is 12.7 Å². The van der Waals surface area contributed by atoms with E-state index in [0.717, 1.165) is 11.1 Å². The fourth-order valence-electron chi connectivity index (χ4n) is 3.49. The Morgan fingerprint density at radius 2 is 0.947 bits per heavy atom. The molecule has 2 aliphatic rings. The highest BCUT2D eigenvalue weighted by molar-refractivity contribution is 6.30. The molecule has 12 heteroatoms. The van der Waals surface area contributed by atoms with Crippen molar-refractivity contribution in [1.82, 2.24) is 19.9 Å². The summed E-state index contributed by atoms with van der Waals surface area (Å²) in [5, 5.41) is 9.22. The molecule has 4 aromatic rings. The van der Waals surface area contributed by atoms with E-state index in [9.17, 15) is 0 Å². The number of benzene rings is 2. The zero-order chi connectivity index (χ0) is 26.2. The summed E-state index contributed by atoms with van der Waals surface area (Å²) in [7, 11) is 0. The summed E-state index contributed by atoms with van der Waals surface area (Å²) in [6.07, 6.45) is 10.0. The van der Waals surface area contributed by atoms with E-state index in [1.165, 1.54) is 12.7 Å². The van der Waals surface area contributed by atoms with Gasteiger partial charge >= 0.3 is 0 Å². The number of nitrogens with zero attached hydrogens (tertiary/aromatic N) is 6. The van der Waals surface area contributed by atoms with E-state index < -0.39 is 0 Å². The molecule has 6 rings (SSSR count). The second-order valence-electron chi connectivity index (χ2n) is 8.02. The lowest BCUT2D eigenvalue weighted by Crippen LogP contribution is -2.07. The molecular formula is C26H20Cl2N6O4. The standard InChI is InChI=1S/2C13H10ClN3O2/c2*14-10-3-1-9(2-4-10)12-5-13(17-19-12)18-11-6-15-8-16-7-11/h2*1-4,6-8,12H,5H2/t2*12-/m10/s1. The van der Waals surface area contributed by atoms with Crippen molar-refractivity contribution >= 4 is 35.0 Å². The summed E-state index contributed by atoms with van der Waals surface area (Å²) >= 11 is 11.7. The van der Waals surface area contributed by atoms with Gasteiger partial charge in [-0.1, -0.05) is 57.8 Å². The smallest absolute Gasteiger partial charge is 0.235 e. The lowest BCUT2D eigenvalue weighted by atomic mass is 10.1. The highest BCUT2D eigenvalue weighted by Gasteiger charge is 2.25. The average Bonchev–Trinajstić information content (AvgIpc) is 3.61. The molecule has 0 fully saturated rings. The molecule has 0 N–H and O–H groups in total. The highest BCUT2D eigenvalue weighted by Crippen LogP contribution is 2.30. The summed E-state index contributed by atoms with van der Waals surface area (Å²) < 4.78 is 11.0. The van der Waals surface area contributed by atoms with Crippen LogP contribution in [0, 0.1) is 0 Å². The van der Waals surface area contributed by atoms with Gasteiger partial charge in [-0.2, -0.15) is 0 Å². The molecule has 0 amide bonds. The van der Waals surface area contributed by atoms with Crippen molar-refractivity contribution < 1.29 is 19.1 Å². The van der Waals surface area contributed by atoms with Gasteiger partial charge in [0.25, 0.3) is 0 Å². The Bertz CT molecular complexity index is 1280. The number of hydrogen-bond donors (Lipinski definition) is 0. The lowest BCUT2D eigenvalue weighted by Gasteiger charge is -2.07. The van der Waals surface area contributed by atoms with E-state index in [-0.39, 0.29) is 12.2 Å². The van der Waals surface area contributed by atoms with E-state index in [1.807, 2.05) is 48.5 Å². The van der Waals surface area contributed by atoms with Crippen LogP contribution in [0.1, 0.15) is 36.2 Å². The highest BCUT2D eigenvalue weighted by atomic mass is 35.5. The summed E-state index contributed by atoms with van der Waals surface area (Å²) in [4.78, 5) is 26.2. The van der Waals surface area contributed by atoms with E-state index in [1.54, 1.807) is 24.8 Å². The number of aromatic nitrogens is 4. The van der Waals surface area contributed by atoms with Crippen LogP contribution in [0.4, 0.5) is 0 Å². The van der Waals surface area contributed by atoms with E-state index in [2.05, 4.69) is 30.2 Å². The minimum absolute atomic E-state index is 0.142. The van der Waals surface area contributed by atoms with Crippen LogP contribution in [0.2, 0.25) is 10.0 Å². The Morgan fingerprint density at radius 3 is 1.32 bits per heavy atom. The van der Waals surface area contributed by atoms with E-state index >= 15 is 0 Å². The van der Waals surface area contributed by atoms with Crippen molar-refractivity contribution in [3.8, 4) is 11.5 Å². The Hall–Kier alpha value is -4.28. The normalized spacial score (nSPS) is 17.7. The van der Waals surface area contributed by atoms with E-state index in [0.29, 0.717) is 46.2 Å². The van der Waals surface area contributed by atoms with E-state index in [4.69, 9.17) is 42.4 Å². The third-order valence-corrected chi connectivity index (χ3v) is 5.82. The van der Waals surface area contributed by atoms with Crippen LogP contribution in [-0.2, 0) is 9.68 Å². The predicted octanol–water partition coefficient (Wildman–Crippen LogP) is 5.97. The summed E-state index contributed by atoms with van der Waals surface area (Å²) in [5.41, 5.74) is 2.02. The predicted molar refractivity (Wildman–Crippen MR) is 140 cm³/mol. The largest absolute Gasteiger partial charge is 0.436 e. The first-order chi connectivity index (χ1) is 18.6. The molecule has 0 saturated carbocycles. The molecule has 0 bridgehead atoms. The summed E-state index contributed by atoms with van der Waals surface area (Å²) in [6, 6.07) is 14.9. The molecule has 0 aliphatic carbocycles. The first-order valence-electron chi connectivity index (χ1n) is 11.4. The minimum atomic E-state index is -0.142. The summed E-state index contributed by atoms with van der Waals surface area (Å²) in [6.45, 7) is 0. The third-order valence-electron chi connectivity index (χ3n) is 5.31. The minimum Gasteiger partial charge on any atom is -0.436 e. The molecule has 2 aromatic heterocycles. The number of ether oxygens (including phenoxy) is 2. The molecule has 192 valence electrons. The number of halogens is 2. The molecule has 0 saturated heterocycles. The zero-order valence-electron chi connectivity index (χ0n) is 19.7. The van der Waals surface area contributed by atoms with Gasteiger partial charge in [0, 0.05) is 10.0 Å². The molecule has 0 radical (unpaired) electrons. The molecule has 2 atom stereocenters. The topological polar surface area (TPSA) is 113 Å². The maximum Gasteiger partial charge on any atom is 0.235 e. The average molecular weight is 551 g/mol. The fraction of sp³-hybridized carbons (Fsp3) is 0.154. The zero-order valence-corrected chi connectivity index (χ0v) is 21.2. The van der Waals surface area contributed by atoms with Gasteiger partial charge in [-0.25, -0.2) is 19.9 Å². The van der Waals surface area contributed by atoms with Gasteiger partial charge in [-0.15, -0.1) is 0 Å². The van der Waals surface area contributed by atoms with Crippen molar-refractivity contribution in [2.75, 3.05) is 0 Å². The van der Waals surface area contributed by atoms with Crippen LogP contribution in [0.3, 0.4) is 0 Å². The van der Waals surface area contributed by atoms with Crippen molar-refractivity contribution in [3.63, 3.8) is 0 Å². The molecule has 2 aromatic carbocycles. The van der Waals surface area contributed by atoms with Gasteiger partial charge in [-0.3, -0.25) is 0 Å². The van der Waals surface area contributed by atoms with Gasteiger partial charge in [-0.05, 0) is 35.4 Å². The molecule has 0 spiro atoms. The molecule has 38 heavy (non-hydrogen) atoms. The molecule has 0 unspecified atom stereocenters. The van der Waals surface area contributed by atoms with Gasteiger partial charge in [0.2, 0.25) is 11.8 Å². The second-order valence-corrected chi connectivity index (χ2v) is 8.89. The Labute approximate surface area is 227 Å². The van der Waals surface area contributed by atoms with Crippen LogP contribution in [0.5, 0.6) is 11.5 Å². The molecule has 2 aliphatic heterocycles. The Morgan fingerprint density at radius 1 is 0.579 bits per heavy atom. The van der Waals surface area contributed by atoms with Gasteiger partial charge in [0.15, 0.2) is 23.7 Å². The van der Waals surface area contributed by atoms with Crippen molar-refractivity contribution in [1.29, 1.82) is 0 Å². The molecule has 10 nitrogen and oxygen atoms in total. The molecular weight excluding hydrogens is 531 g/mol. The monoisotopic (exact) mass is 550 g/mol. The number of oxime groups is 2. The van der Waals surface area contributed by atoms with Crippen LogP contribution in [0.15, 0.2) is 96.3 Å². The van der Waals surface area contributed by atoms with Crippen LogP contribution < -0.4 is 9.47 Å². The summed E-state index contributed by atoms with van der Waals surface area (Å²) in [5.74, 6) is 2.10. The maximum absolute atomic E-state index is 5.85. The molecule has 4 heterocycles.